The van der Waals surface area contributed by atoms with Crippen LogP contribution in [0.5, 0.6) is 0 Å². The minimum atomic E-state index is 0.189. The van der Waals surface area contributed by atoms with E-state index in [0.717, 1.165) is 31.3 Å². The highest BCUT2D eigenvalue weighted by Crippen LogP contribution is 2.29. The van der Waals surface area contributed by atoms with Crippen molar-refractivity contribution in [2.45, 2.75) is 58.7 Å². The summed E-state index contributed by atoms with van der Waals surface area (Å²) in [6.07, 6.45) is 12.6. The molecule has 2 radical (unpaired) electrons. The van der Waals surface area contributed by atoms with E-state index >= 15 is 0 Å². The van der Waals surface area contributed by atoms with Crippen LogP contribution in [-0.2, 0) is 0 Å². The second kappa shape index (κ2) is 8.23. The zero-order valence-electron chi connectivity index (χ0n) is 11.5. The average molecular weight is 228 g/mol. The highest BCUT2D eigenvalue weighted by molar-refractivity contribution is 6.08. The van der Waals surface area contributed by atoms with Gasteiger partial charge in [0.15, 0.2) is 0 Å². The van der Waals surface area contributed by atoms with Gasteiger partial charge in [-0.15, -0.1) is 6.42 Å². The minimum absolute atomic E-state index is 0.189. The first-order valence-corrected chi connectivity index (χ1v) is 6.42. The van der Waals surface area contributed by atoms with E-state index in [9.17, 15) is 0 Å². The number of hydrogen-bond donors (Lipinski definition) is 0. The molecule has 92 valence electrons. The van der Waals surface area contributed by atoms with Crippen LogP contribution in [0, 0.1) is 17.8 Å². The number of unbranched alkanes of at least 4 members (excludes halogenated alkanes) is 2. The highest BCUT2D eigenvalue weighted by Gasteiger charge is 2.15. The Morgan fingerprint density at radius 2 is 1.76 bits per heavy atom. The van der Waals surface area contributed by atoms with Crippen molar-refractivity contribution in [3.63, 3.8) is 0 Å². The van der Waals surface area contributed by atoms with Gasteiger partial charge in [0, 0.05) is 0 Å². The van der Waals surface area contributed by atoms with Gasteiger partial charge in [0.05, 0.1) is 7.85 Å². The van der Waals surface area contributed by atoms with Crippen LogP contribution in [0.2, 0.25) is 6.32 Å². The van der Waals surface area contributed by atoms with Gasteiger partial charge in [-0.05, 0) is 43.1 Å². The summed E-state index contributed by atoms with van der Waals surface area (Å²) in [7, 11) is 5.71. The van der Waals surface area contributed by atoms with Gasteiger partial charge >= 0.3 is 0 Å². The second-order valence-electron chi connectivity index (χ2n) is 5.60. The van der Waals surface area contributed by atoms with Gasteiger partial charge in [0.25, 0.3) is 0 Å². The lowest BCUT2D eigenvalue weighted by Crippen LogP contribution is -2.11. The largest absolute Gasteiger partial charge is 0.115 e. The van der Waals surface area contributed by atoms with E-state index in [2.05, 4.69) is 32.9 Å². The lowest BCUT2D eigenvalue weighted by Gasteiger charge is -2.24. The molecular weight excluding hydrogens is 203 g/mol. The molecule has 0 nitrogen and oxygen atoms in total. The third-order valence-electron chi connectivity index (χ3n) is 2.99. The Balaban J connectivity index is 3.60. The Morgan fingerprint density at radius 3 is 2.29 bits per heavy atom. The maximum absolute atomic E-state index is 5.71. The molecule has 0 bridgehead atoms. The summed E-state index contributed by atoms with van der Waals surface area (Å²) in [5.74, 6) is 2.58. The molecular formula is C16H25B. The van der Waals surface area contributed by atoms with Crippen molar-refractivity contribution in [2.24, 2.45) is 5.41 Å². The Hall–Kier alpha value is -0.895. The molecule has 0 N–H and O–H groups in total. The predicted octanol–water partition coefficient (Wildman–Crippen LogP) is 4.69. The molecule has 0 saturated carbocycles. The van der Waals surface area contributed by atoms with Crippen LogP contribution in [0.3, 0.4) is 0 Å². The van der Waals surface area contributed by atoms with Crippen molar-refractivity contribution in [1.82, 2.24) is 0 Å². The summed E-state index contributed by atoms with van der Waals surface area (Å²) in [5.41, 5.74) is 2.42. The van der Waals surface area contributed by atoms with Crippen molar-refractivity contribution in [3.8, 4) is 12.3 Å². The van der Waals surface area contributed by atoms with E-state index in [1.54, 1.807) is 0 Å². The SMILES string of the molecule is [B]CC(C)(C)CC(=C)CCCCCC(=C)C#C. The molecule has 17 heavy (non-hydrogen) atoms. The summed E-state index contributed by atoms with van der Waals surface area (Å²) in [6.45, 7) is 12.3. The maximum Gasteiger partial charge on any atom is 0.0660 e. The van der Waals surface area contributed by atoms with Crippen molar-refractivity contribution < 1.29 is 0 Å². The van der Waals surface area contributed by atoms with Gasteiger partial charge in [0.1, 0.15) is 0 Å². The normalized spacial score (nSPS) is 10.9. The first-order chi connectivity index (χ1) is 7.91. The minimum Gasteiger partial charge on any atom is -0.115 e. The van der Waals surface area contributed by atoms with E-state index in [-0.39, 0.29) is 5.41 Å². The Labute approximate surface area is 109 Å². The second-order valence-corrected chi connectivity index (χ2v) is 5.60. The topological polar surface area (TPSA) is 0 Å². The zero-order valence-corrected chi connectivity index (χ0v) is 11.5. The number of hydrogen-bond acceptors (Lipinski definition) is 0. The fourth-order valence-corrected chi connectivity index (χ4v) is 1.80. The summed E-state index contributed by atoms with van der Waals surface area (Å²) in [5, 5.41) is 0. The van der Waals surface area contributed by atoms with Crippen LogP contribution in [-0.4, -0.2) is 7.85 Å². The molecule has 0 aliphatic carbocycles. The van der Waals surface area contributed by atoms with Crippen LogP contribution < -0.4 is 0 Å². The molecule has 0 unspecified atom stereocenters. The molecule has 0 aromatic heterocycles. The van der Waals surface area contributed by atoms with Crippen LogP contribution in [0.4, 0.5) is 0 Å². The van der Waals surface area contributed by atoms with Crippen LogP contribution in [0.25, 0.3) is 0 Å². The molecule has 1 heteroatoms. The summed E-state index contributed by atoms with van der Waals surface area (Å²) < 4.78 is 0. The number of rotatable bonds is 9. The lowest BCUT2D eigenvalue weighted by molar-refractivity contribution is 0.403. The molecule has 0 aliphatic rings. The van der Waals surface area contributed by atoms with E-state index in [1.165, 1.54) is 18.4 Å². The number of terminal acetylenes is 1. The highest BCUT2D eigenvalue weighted by atomic mass is 14.2. The Bertz CT molecular complexity index is 291. The fraction of sp³-hybridized carbons (Fsp3) is 0.625. The molecule has 0 rings (SSSR count). The molecule has 0 fully saturated rings. The van der Waals surface area contributed by atoms with Gasteiger partial charge in [-0.1, -0.05) is 51.2 Å². The standard InChI is InChI=1S/C16H25B/c1-6-14(2)10-8-7-9-11-15(3)12-16(4,5)13-17/h1H,2-3,7-13H2,4-5H3. The smallest absolute Gasteiger partial charge is 0.0660 e. The first kappa shape index (κ1) is 16.1. The van der Waals surface area contributed by atoms with Gasteiger partial charge in [-0.25, -0.2) is 0 Å². The van der Waals surface area contributed by atoms with Gasteiger partial charge in [-0.3, -0.25) is 0 Å². The van der Waals surface area contributed by atoms with E-state index in [4.69, 9.17) is 14.3 Å². The van der Waals surface area contributed by atoms with E-state index in [0.29, 0.717) is 6.32 Å². The molecule has 0 aromatic rings. The Kier molecular flexibility index (Phi) is 7.80. The predicted molar refractivity (Wildman–Crippen MR) is 79.2 cm³/mol. The van der Waals surface area contributed by atoms with Crippen molar-refractivity contribution in [3.05, 3.63) is 24.3 Å². The molecule has 0 aromatic carbocycles. The van der Waals surface area contributed by atoms with Gasteiger partial charge in [0.2, 0.25) is 0 Å². The average Bonchev–Trinajstić information content (AvgIpc) is 2.27. The fourth-order valence-electron chi connectivity index (χ4n) is 1.80. The number of allylic oxidation sites excluding steroid dienone is 2. The molecule has 0 spiro atoms. The summed E-state index contributed by atoms with van der Waals surface area (Å²) in [6, 6.07) is 0. The van der Waals surface area contributed by atoms with Crippen LogP contribution in [0.1, 0.15) is 52.4 Å². The van der Waals surface area contributed by atoms with E-state index < -0.39 is 0 Å². The summed E-state index contributed by atoms with van der Waals surface area (Å²) in [4.78, 5) is 0. The Morgan fingerprint density at radius 1 is 1.18 bits per heavy atom. The van der Waals surface area contributed by atoms with Crippen molar-refractivity contribution >= 4 is 7.85 Å². The maximum atomic E-state index is 5.71. The van der Waals surface area contributed by atoms with Gasteiger partial charge in [-0.2, -0.15) is 0 Å². The third kappa shape index (κ3) is 8.87. The van der Waals surface area contributed by atoms with Gasteiger partial charge < -0.3 is 0 Å². The van der Waals surface area contributed by atoms with Crippen LogP contribution in [0.15, 0.2) is 24.3 Å². The van der Waals surface area contributed by atoms with E-state index in [1.807, 2.05) is 0 Å². The van der Waals surface area contributed by atoms with Crippen LogP contribution >= 0.6 is 0 Å². The molecule has 0 heterocycles. The molecule has 0 saturated heterocycles. The molecule has 0 atom stereocenters. The summed E-state index contributed by atoms with van der Waals surface area (Å²) >= 11 is 0. The quantitative estimate of drug-likeness (QED) is 0.232. The third-order valence-corrected chi connectivity index (χ3v) is 2.99. The van der Waals surface area contributed by atoms with Crippen molar-refractivity contribution in [2.75, 3.05) is 0 Å². The zero-order chi connectivity index (χ0) is 13.3. The molecule has 0 aliphatic heterocycles. The lowest BCUT2D eigenvalue weighted by atomic mass is 9.74. The first-order valence-electron chi connectivity index (χ1n) is 6.42. The van der Waals surface area contributed by atoms with Crippen molar-refractivity contribution in [1.29, 1.82) is 0 Å². The molecule has 0 amide bonds. The monoisotopic (exact) mass is 228 g/mol.